The largest absolute Gasteiger partial charge is 0.366 e. The number of aromatic nitrogens is 1. The van der Waals surface area contributed by atoms with Gasteiger partial charge in [0.1, 0.15) is 0 Å². The first-order valence-corrected chi connectivity index (χ1v) is 8.86. The highest BCUT2D eigenvalue weighted by molar-refractivity contribution is 5.92. The van der Waals surface area contributed by atoms with Crippen LogP contribution >= 0.6 is 0 Å². The predicted molar refractivity (Wildman–Crippen MR) is 102 cm³/mol. The maximum atomic E-state index is 11.1. The molecule has 0 aliphatic carbocycles. The van der Waals surface area contributed by atoms with Crippen LogP contribution in [0.4, 0.5) is 0 Å². The number of aliphatic imine (C=N–C) groups is 1. The second-order valence-corrected chi connectivity index (χ2v) is 6.07. The van der Waals surface area contributed by atoms with Crippen molar-refractivity contribution in [2.45, 2.75) is 45.7 Å². The SMILES string of the molecule is CCC(CC)c1cc(CNC(=NC)NCc2ccc(C(N)=O)cc2)on1. The first-order chi connectivity index (χ1) is 12.6. The van der Waals surface area contributed by atoms with E-state index in [1.54, 1.807) is 19.2 Å². The fourth-order valence-corrected chi connectivity index (χ4v) is 2.68. The van der Waals surface area contributed by atoms with Crippen molar-refractivity contribution < 1.29 is 9.32 Å². The van der Waals surface area contributed by atoms with Crippen molar-refractivity contribution in [2.24, 2.45) is 10.7 Å². The molecule has 1 amide bonds. The lowest BCUT2D eigenvalue weighted by Crippen LogP contribution is -2.36. The maximum Gasteiger partial charge on any atom is 0.248 e. The Bertz CT molecular complexity index is 733. The van der Waals surface area contributed by atoms with E-state index in [-0.39, 0.29) is 0 Å². The van der Waals surface area contributed by atoms with Crippen LogP contribution in [0.15, 0.2) is 39.8 Å². The molecular weight excluding hydrogens is 330 g/mol. The van der Waals surface area contributed by atoms with E-state index in [2.05, 4.69) is 34.6 Å². The zero-order chi connectivity index (χ0) is 18.9. The number of nitrogens with one attached hydrogen (secondary N) is 2. The average molecular weight is 357 g/mol. The molecule has 1 aromatic heterocycles. The minimum absolute atomic E-state index is 0.429. The summed E-state index contributed by atoms with van der Waals surface area (Å²) in [5.74, 6) is 1.44. The second kappa shape index (κ2) is 9.60. The van der Waals surface area contributed by atoms with E-state index in [0.29, 0.717) is 30.5 Å². The number of carbonyl (C=O) groups is 1. The van der Waals surface area contributed by atoms with Crippen LogP contribution in [0, 0.1) is 0 Å². The molecule has 4 N–H and O–H groups in total. The van der Waals surface area contributed by atoms with Crippen LogP contribution in [0.25, 0.3) is 0 Å². The molecule has 1 aromatic carbocycles. The number of guanidine groups is 1. The number of hydrogen-bond acceptors (Lipinski definition) is 4. The first kappa shape index (κ1) is 19.5. The zero-order valence-electron chi connectivity index (χ0n) is 15.6. The van der Waals surface area contributed by atoms with Gasteiger partial charge >= 0.3 is 0 Å². The third-order valence-corrected chi connectivity index (χ3v) is 4.33. The number of primary amides is 1. The third kappa shape index (κ3) is 5.34. The molecule has 0 radical (unpaired) electrons. The molecule has 7 heteroatoms. The highest BCUT2D eigenvalue weighted by Gasteiger charge is 2.13. The van der Waals surface area contributed by atoms with Crippen LogP contribution in [-0.2, 0) is 13.1 Å². The zero-order valence-corrected chi connectivity index (χ0v) is 15.6. The lowest BCUT2D eigenvalue weighted by atomic mass is 9.99. The Labute approximate surface area is 154 Å². The number of hydrogen-bond donors (Lipinski definition) is 3. The number of amides is 1. The van der Waals surface area contributed by atoms with Crippen molar-refractivity contribution in [1.82, 2.24) is 15.8 Å². The van der Waals surface area contributed by atoms with Gasteiger partial charge in [-0.3, -0.25) is 9.79 Å². The summed E-state index contributed by atoms with van der Waals surface area (Å²) in [7, 11) is 1.71. The summed E-state index contributed by atoms with van der Waals surface area (Å²) in [5, 5.41) is 10.6. The summed E-state index contributed by atoms with van der Waals surface area (Å²) < 4.78 is 5.40. The predicted octanol–water partition coefficient (Wildman–Crippen LogP) is 2.54. The summed E-state index contributed by atoms with van der Waals surface area (Å²) in [6.45, 7) is 5.40. The smallest absolute Gasteiger partial charge is 0.248 e. The summed E-state index contributed by atoms with van der Waals surface area (Å²) in [6.07, 6.45) is 2.10. The first-order valence-electron chi connectivity index (χ1n) is 8.86. The number of carbonyl (C=O) groups excluding carboxylic acids is 1. The van der Waals surface area contributed by atoms with Gasteiger partial charge in [0.05, 0.1) is 12.2 Å². The van der Waals surface area contributed by atoms with Crippen molar-refractivity contribution in [3.63, 3.8) is 0 Å². The molecule has 0 atom stereocenters. The van der Waals surface area contributed by atoms with Crippen molar-refractivity contribution in [2.75, 3.05) is 7.05 Å². The Kier molecular flexibility index (Phi) is 7.20. The van der Waals surface area contributed by atoms with Gasteiger partial charge in [-0.1, -0.05) is 31.1 Å². The molecule has 7 nitrogen and oxygen atoms in total. The van der Waals surface area contributed by atoms with E-state index in [9.17, 15) is 4.79 Å². The quantitative estimate of drug-likeness (QED) is 0.497. The van der Waals surface area contributed by atoms with E-state index in [1.165, 1.54) is 0 Å². The Morgan fingerprint density at radius 2 is 1.85 bits per heavy atom. The molecule has 1 heterocycles. The third-order valence-electron chi connectivity index (χ3n) is 4.33. The van der Waals surface area contributed by atoms with Crippen molar-refractivity contribution in [3.8, 4) is 0 Å². The lowest BCUT2D eigenvalue weighted by Gasteiger charge is -2.11. The second-order valence-electron chi connectivity index (χ2n) is 6.07. The summed E-state index contributed by atoms with van der Waals surface area (Å²) in [6, 6.07) is 9.14. The summed E-state index contributed by atoms with van der Waals surface area (Å²) >= 11 is 0. The fraction of sp³-hybridized carbons (Fsp3) is 0.421. The van der Waals surface area contributed by atoms with Gasteiger partial charge in [0.25, 0.3) is 0 Å². The Morgan fingerprint density at radius 3 is 2.42 bits per heavy atom. The van der Waals surface area contributed by atoms with E-state index in [0.717, 1.165) is 29.9 Å². The molecule has 0 saturated carbocycles. The van der Waals surface area contributed by atoms with Crippen LogP contribution in [0.2, 0.25) is 0 Å². The highest BCUT2D eigenvalue weighted by Crippen LogP contribution is 2.22. The van der Waals surface area contributed by atoms with Gasteiger partial charge in [0, 0.05) is 31.1 Å². The van der Waals surface area contributed by atoms with Crippen LogP contribution in [0.5, 0.6) is 0 Å². The summed E-state index contributed by atoms with van der Waals surface area (Å²) in [5.41, 5.74) is 7.76. The van der Waals surface area contributed by atoms with E-state index >= 15 is 0 Å². The lowest BCUT2D eigenvalue weighted by molar-refractivity contribution is 0.100. The molecule has 26 heavy (non-hydrogen) atoms. The molecule has 0 aliphatic rings. The fourth-order valence-electron chi connectivity index (χ4n) is 2.68. The standard InChI is InChI=1S/C19H27N5O2/c1-4-14(5-2)17-10-16(26-24-17)12-23-19(21-3)22-11-13-6-8-15(9-7-13)18(20)25/h6-10,14H,4-5,11-12H2,1-3H3,(H2,20,25)(H2,21,22,23). The van der Waals surface area contributed by atoms with Crippen molar-refractivity contribution in [1.29, 1.82) is 0 Å². The van der Waals surface area contributed by atoms with Crippen molar-refractivity contribution in [3.05, 3.63) is 52.9 Å². The Morgan fingerprint density at radius 1 is 1.19 bits per heavy atom. The molecule has 0 unspecified atom stereocenters. The van der Waals surface area contributed by atoms with Gasteiger partial charge < -0.3 is 20.9 Å². The van der Waals surface area contributed by atoms with Gasteiger partial charge in [-0.05, 0) is 30.5 Å². The Hall–Kier alpha value is -2.83. The molecule has 0 bridgehead atoms. The number of benzene rings is 1. The molecule has 2 aromatic rings. The number of nitrogens with two attached hydrogens (primary N) is 1. The molecule has 2 rings (SSSR count). The normalized spacial score (nSPS) is 11.6. The number of rotatable bonds is 8. The molecule has 0 aliphatic heterocycles. The van der Waals surface area contributed by atoms with E-state index in [4.69, 9.17) is 10.3 Å². The molecule has 0 fully saturated rings. The molecule has 0 spiro atoms. The topological polar surface area (TPSA) is 106 Å². The van der Waals surface area contributed by atoms with Crippen LogP contribution in [-0.4, -0.2) is 24.1 Å². The van der Waals surface area contributed by atoms with Gasteiger partial charge in [0.15, 0.2) is 11.7 Å². The van der Waals surface area contributed by atoms with Crippen molar-refractivity contribution >= 4 is 11.9 Å². The van der Waals surface area contributed by atoms with Gasteiger partial charge in [0.2, 0.25) is 5.91 Å². The molecule has 140 valence electrons. The van der Waals surface area contributed by atoms with Crippen LogP contribution in [0.1, 0.15) is 60.0 Å². The minimum atomic E-state index is -0.429. The number of nitrogens with zero attached hydrogens (tertiary/aromatic N) is 2. The Balaban J connectivity index is 1.85. The van der Waals surface area contributed by atoms with Gasteiger partial charge in [-0.2, -0.15) is 0 Å². The van der Waals surface area contributed by atoms with Gasteiger partial charge in [-0.15, -0.1) is 0 Å². The average Bonchev–Trinajstić information content (AvgIpc) is 3.12. The monoisotopic (exact) mass is 357 g/mol. The van der Waals surface area contributed by atoms with E-state index < -0.39 is 5.91 Å². The van der Waals surface area contributed by atoms with E-state index in [1.807, 2.05) is 18.2 Å². The van der Waals surface area contributed by atoms with Crippen LogP contribution in [0.3, 0.4) is 0 Å². The maximum absolute atomic E-state index is 11.1. The summed E-state index contributed by atoms with van der Waals surface area (Å²) in [4.78, 5) is 15.3. The minimum Gasteiger partial charge on any atom is -0.366 e. The molecular formula is C19H27N5O2. The van der Waals surface area contributed by atoms with Gasteiger partial charge in [-0.25, -0.2) is 0 Å². The highest BCUT2D eigenvalue weighted by atomic mass is 16.5. The molecule has 0 saturated heterocycles. The van der Waals surface area contributed by atoms with Crippen LogP contribution < -0.4 is 16.4 Å².